The Bertz CT molecular complexity index is 1310. The molecular weight excluding hydrogens is 420 g/mol. The Balaban J connectivity index is 1.50. The van der Waals surface area contributed by atoms with Crippen LogP contribution >= 0.6 is 0 Å². The summed E-state index contributed by atoms with van der Waals surface area (Å²) in [6.45, 7) is 6.95. The Hall–Kier alpha value is -3.40. The van der Waals surface area contributed by atoms with E-state index in [9.17, 15) is 5.11 Å². The maximum Gasteiger partial charge on any atom is 0.223 e. The molecule has 0 bridgehead atoms. The standard InChI is InChI=1S/C23H30N8O2/c1-14-8-9-15(11-29(14)16-10-25-30(12-16)23(2,3)13-32)20-27-21-17-6-5-7-18(33-4)19(17)26-22(24)31(21)28-20/h5-7,10,12,14-15,32H,8-9,11,13H2,1-4H3,(H2,24,26). The van der Waals surface area contributed by atoms with E-state index < -0.39 is 5.54 Å². The molecule has 0 amide bonds. The molecule has 1 aliphatic rings. The normalized spacial score (nSPS) is 19.5. The smallest absolute Gasteiger partial charge is 0.223 e. The van der Waals surface area contributed by atoms with Crippen LogP contribution in [-0.2, 0) is 5.54 Å². The van der Waals surface area contributed by atoms with Crippen molar-refractivity contribution in [3.05, 3.63) is 36.4 Å². The second-order valence-electron chi connectivity index (χ2n) is 9.42. The number of nitrogen functional groups attached to an aromatic ring is 1. The SMILES string of the molecule is COc1cccc2c1nc(N)n1nc(C3CCC(C)N(c4cnn(C(C)(C)CO)c4)C3)nc21. The molecule has 0 aliphatic carbocycles. The van der Waals surface area contributed by atoms with Crippen LogP contribution in [0.4, 0.5) is 11.6 Å². The number of para-hydroxylation sites is 1. The third-order valence-electron chi connectivity index (χ3n) is 6.68. The van der Waals surface area contributed by atoms with Crippen LogP contribution in [0, 0.1) is 0 Å². The van der Waals surface area contributed by atoms with Crippen LogP contribution in [-0.4, -0.2) is 60.8 Å². The van der Waals surface area contributed by atoms with Gasteiger partial charge in [0.2, 0.25) is 5.95 Å². The minimum absolute atomic E-state index is 0.0195. The maximum atomic E-state index is 9.69. The molecule has 1 fully saturated rings. The fourth-order valence-corrected chi connectivity index (χ4v) is 4.52. The van der Waals surface area contributed by atoms with Crippen molar-refractivity contribution in [1.29, 1.82) is 0 Å². The summed E-state index contributed by atoms with van der Waals surface area (Å²) < 4.78 is 8.91. The molecular formula is C23H30N8O2. The van der Waals surface area contributed by atoms with Crippen LogP contribution in [0.2, 0.25) is 0 Å². The van der Waals surface area contributed by atoms with Crippen molar-refractivity contribution >= 4 is 28.2 Å². The molecule has 2 unspecified atom stereocenters. The van der Waals surface area contributed by atoms with Gasteiger partial charge in [-0.3, -0.25) is 4.68 Å². The van der Waals surface area contributed by atoms with Gasteiger partial charge in [-0.1, -0.05) is 6.07 Å². The van der Waals surface area contributed by atoms with E-state index in [1.54, 1.807) is 11.6 Å². The minimum Gasteiger partial charge on any atom is -0.494 e. The lowest BCUT2D eigenvalue weighted by Gasteiger charge is -2.38. The number of anilines is 2. The van der Waals surface area contributed by atoms with Gasteiger partial charge < -0.3 is 20.5 Å². The first kappa shape index (κ1) is 21.4. The first-order valence-corrected chi connectivity index (χ1v) is 11.2. The Morgan fingerprint density at radius 3 is 2.82 bits per heavy atom. The molecule has 10 nitrogen and oxygen atoms in total. The molecule has 0 spiro atoms. The molecule has 174 valence electrons. The number of fused-ring (bicyclic) bond motifs is 3. The lowest BCUT2D eigenvalue weighted by molar-refractivity contribution is 0.152. The van der Waals surface area contributed by atoms with Crippen LogP contribution in [0.25, 0.3) is 16.6 Å². The van der Waals surface area contributed by atoms with Crippen molar-refractivity contribution in [2.45, 2.75) is 51.1 Å². The number of aromatic nitrogens is 6. The van der Waals surface area contributed by atoms with E-state index >= 15 is 0 Å². The van der Waals surface area contributed by atoms with Gasteiger partial charge >= 0.3 is 0 Å². The molecule has 0 saturated carbocycles. The zero-order valence-corrected chi connectivity index (χ0v) is 19.4. The second kappa shape index (κ2) is 7.87. The Kier molecular flexibility index (Phi) is 5.12. The van der Waals surface area contributed by atoms with Gasteiger partial charge in [0.25, 0.3) is 0 Å². The summed E-state index contributed by atoms with van der Waals surface area (Å²) in [6, 6.07) is 6.11. The number of hydrogen-bond acceptors (Lipinski definition) is 8. The number of nitrogens with zero attached hydrogens (tertiary/aromatic N) is 7. The number of ether oxygens (including phenoxy) is 1. The van der Waals surface area contributed by atoms with Crippen LogP contribution < -0.4 is 15.4 Å². The highest BCUT2D eigenvalue weighted by atomic mass is 16.5. The fraction of sp³-hybridized carbons (Fsp3) is 0.478. The van der Waals surface area contributed by atoms with Crippen LogP contribution in [0.1, 0.15) is 45.4 Å². The summed E-state index contributed by atoms with van der Waals surface area (Å²) in [6.07, 6.45) is 5.87. The molecule has 0 radical (unpaired) electrons. The monoisotopic (exact) mass is 450 g/mol. The van der Waals surface area contributed by atoms with Crippen molar-refractivity contribution in [2.24, 2.45) is 0 Å². The summed E-state index contributed by atoms with van der Waals surface area (Å²) >= 11 is 0. The van der Waals surface area contributed by atoms with Crippen LogP contribution in [0.3, 0.4) is 0 Å². The highest BCUT2D eigenvalue weighted by Crippen LogP contribution is 2.34. The molecule has 1 saturated heterocycles. The van der Waals surface area contributed by atoms with Crippen molar-refractivity contribution in [3.8, 4) is 5.75 Å². The summed E-state index contributed by atoms with van der Waals surface area (Å²) in [5.41, 5.74) is 8.19. The molecule has 1 aliphatic heterocycles. The topological polar surface area (TPSA) is 120 Å². The van der Waals surface area contributed by atoms with E-state index in [-0.39, 0.29) is 18.5 Å². The molecule has 2 atom stereocenters. The van der Waals surface area contributed by atoms with Crippen molar-refractivity contribution in [1.82, 2.24) is 29.4 Å². The molecule has 1 aromatic carbocycles. The number of nitrogens with two attached hydrogens (primary N) is 1. The summed E-state index contributed by atoms with van der Waals surface area (Å²) in [5.74, 6) is 1.86. The Morgan fingerprint density at radius 1 is 1.24 bits per heavy atom. The molecule has 10 heteroatoms. The van der Waals surface area contributed by atoms with Crippen LogP contribution in [0.5, 0.6) is 5.75 Å². The Labute approximate surface area is 192 Å². The first-order valence-electron chi connectivity index (χ1n) is 11.2. The Morgan fingerprint density at radius 2 is 2.06 bits per heavy atom. The third-order valence-corrected chi connectivity index (χ3v) is 6.68. The number of aliphatic hydroxyl groups excluding tert-OH is 1. The number of aliphatic hydroxyl groups is 1. The van der Waals surface area contributed by atoms with E-state index in [4.69, 9.17) is 20.6 Å². The fourth-order valence-electron chi connectivity index (χ4n) is 4.52. The predicted molar refractivity (Wildman–Crippen MR) is 127 cm³/mol. The number of rotatable bonds is 5. The summed E-state index contributed by atoms with van der Waals surface area (Å²) in [5, 5.41) is 19.8. The van der Waals surface area contributed by atoms with Gasteiger partial charge in [-0.2, -0.15) is 9.61 Å². The molecule has 33 heavy (non-hydrogen) atoms. The zero-order chi connectivity index (χ0) is 23.3. The lowest BCUT2D eigenvalue weighted by atomic mass is 9.92. The number of benzene rings is 1. The van der Waals surface area contributed by atoms with Crippen molar-refractivity contribution in [2.75, 3.05) is 30.9 Å². The third kappa shape index (κ3) is 3.54. The predicted octanol–water partition coefficient (Wildman–Crippen LogP) is 2.56. The van der Waals surface area contributed by atoms with Gasteiger partial charge in [-0.15, -0.1) is 5.10 Å². The maximum absolute atomic E-state index is 9.69. The highest BCUT2D eigenvalue weighted by molar-refractivity contribution is 5.95. The number of hydrogen-bond donors (Lipinski definition) is 2. The second-order valence-corrected chi connectivity index (χ2v) is 9.42. The van der Waals surface area contributed by atoms with E-state index in [0.29, 0.717) is 23.0 Å². The largest absolute Gasteiger partial charge is 0.494 e. The van der Waals surface area contributed by atoms with Crippen molar-refractivity contribution < 1.29 is 9.84 Å². The summed E-state index contributed by atoms with van der Waals surface area (Å²) in [4.78, 5) is 11.8. The highest BCUT2D eigenvalue weighted by Gasteiger charge is 2.31. The van der Waals surface area contributed by atoms with Crippen LogP contribution in [0.15, 0.2) is 30.6 Å². The van der Waals surface area contributed by atoms with Gasteiger partial charge in [-0.05, 0) is 45.7 Å². The average molecular weight is 451 g/mol. The van der Waals surface area contributed by atoms with E-state index in [0.717, 1.165) is 36.3 Å². The molecule has 5 rings (SSSR count). The summed E-state index contributed by atoms with van der Waals surface area (Å²) in [7, 11) is 1.62. The lowest BCUT2D eigenvalue weighted by Crippen LogP contribution is -2.41. The minimum atomic E-state index is -0.452. The van der Waals surface area contributed by atoms with Gasteiger partial charge in [0.15, 0.2) is 11.5 Å². The van der Waals surface area contributed by atoms with E-state index in [1.165, 1.54) is 0 Å². The first-order chi connectivity index (χ1) is 15.8. The molecule has 4 aromatic rings. The average Bonchev–Trinajstić information content (AvgIpc) is 3.48. The zero-order valence-electron chi connectivity index (χ0n) is 19.4. The van der Waals surface area contributed by atoms with Gasteiger partial charge in [0.1, 0.15) is 11.3 Å². The molecule has 3 N–H and O–H groups in total. The number of methoxy groups -OCH3 is 1. The van der Waals surface area contributed by atoms with Crippen molar-refractivity contribution in [3.63, 3.8) is 0 Å². The number of piperidine rings is 1. The van der Waals surface area contributed by atoms with E-state index in [1.807, 2.05) is 49.1 Å². The quantitative estimate of drug-likeness (QED) is 0.476. The van der Waals surface area contributed by atoms with Gasteiger partial charge in [0.05, 0.1) is 31.1 Å². The van der Waals surface area contributed by atoms with E-state index in [2.05, 4.69) is 21.9 Å². The molecule has 4 heterocycles. The van der Waals surface area contributed by atoms with Gasteiger partial charge in [-0.25, -0.2) is 9.97 Å². The molecule has 3 aromatic heterocycles. The van der Waals surface area contributed by atoms with Gasteiger partial charge in [0, 0.05) is 30.1 Å².